The van der Waals surface area contributed by atoms with E-state index in [0.29, 0.717) is 18.8 Å². The molecule has 1 saturated heterocycles. The number of hydrogen-bond donors (Lipinski definition) is 0. The lowest BCUT2D eigenvalue weighted by molar-refractivity contribution is 0.0704. The molecule has 7 heteroatoms. The number of piperazine rings is 1. The Hall–Kier alpha value is -3.22. The fourth-order valence-electron chi connectivity index (χ4n) is 3.24. The van der Waals surface area contributed by atoms with E-state index in [1.807, 2.05) is 44.2 Å². The third-order valence-corrected chi connectivity index (χ3v) is 4.97. The number of carbonyl (C=O) groups is 1. The van der Waals surface area contributed by atoms with E-state index < -0.39 is 0 Å². The van der Waals surface area contributed by atoms with Crippen molar-refractivity contribution in [1.29, 1.82) is 0 Å². The van der Waals surface area contributed by atoms with Crippen molar-refractivity contribution < 1.29 is 9.32 Å². The van der Waals surface area contributed by atoms with E-state index in [1.54, 1.807) is 17.3 Å². The largest absolute Gasteiger partial charge is 0.353 e. The van der Waals surface area contributed by atoms with E-state index in [-0.39, 0.29) is 11.7 Å². The highest BCUT2D eigenvalue weighted by atomic mass is 16.5. The van der Waals surface area contributed by atoms with Gasteiger partial charge >= 0.3 is 0 Å². The maximum atomic E-state index is 12.8. The number of anilines is 1. The molecule has 1 aliphatic rings. The van der Waals surface area contributed by atoms with Gasteiger partial charge < -0.3 is 14.3 Å². The van der Waals surface area contributed by atoms with Gasteiger partial charge in [-0.25, -0.2) is 9.97 Å². The number of benzene rings is 1. The van der Waals surface area contributed by atoms with Crippen molar-refractivity contribution in [3.63, 3.8) is 0 Å². The third-order valence-electron chi connectivity index (χ3n) is 4.97. The van der Waals surface area contributed by atoms with E-state index >= 15 is 0 Å². The molecule has 3 heterocycles. The molecule has 1 aliphatic heterocycles. The topological polar surface area (TPSA) is 75.4 Å². The number of rotatable bonds is 3. The summed E-state index contributed by atoms with van der Waals surface area (Å²) < 4.78 is 5.30. The zero-order chi connectivity index (χ0) is 18.8. The van der Waals surface area contributed by atoms with Gasteiger partial charge in [0.1, 0.15) is 17.8 Å². The summed E-state index contributed by atoms with van der Waals surface area (Å²) in [4.78, 5) is 25.4. The maximum absolute atomic E-state index is 12.8. The minimum absolute atomic E-state index is 0.125. The first-order chi connectivity index (χ1) is 13.1. The van der Waals surface area contributed by atoms with Crippen molar-refractivity contribution in [3.05, 3.63) is 59.7 Å². The molecule has 0 atom stereocenters. The van der Waals surface area contributed by atoms with Crippen LogP contribution in [0.5, 0.6) is 0 Å². The van der Waals surface area contributed by atoms with Gasteiger partial charge in [0.05, 0.1) is 0 Å². The highest BCUT2D eigenvalue weighted by Crippen LogP contribution is 2.22. The van der Waals surface area contributed by atoms with Crippen LogP contribution in [0, 0.1) is 13.8 Å². The second-order valence-corrected chi connectivity index (χ2v) is 6.63. The van der Waals surface area contributed by atoms with Crippen molar-refractivity contribution in [2.75, 3.05) is 31.1 Å². The Morgan fingerprint density at radius 2 is 1.78 bits per heavy atom. The van der Waals surface area contributed by atoms with E-state index in [2.05, 4.69) is 20.0 Å². The van der Waals surface area contributed by atoms with Crippen LogP contribution in [-0.4, -0.2) is 52.1 Å². The predicted molar refractivity (Wildman–Crippen MR) is 102 cm³/mol. The summed E-state index contributed by atoms with van der Waals surface area (Å²) in [5.41, 5.74) is 3.66. The smallest absolute Gasteiger partial charge is 0.292 e. The molecule has 1 aromatic carbocycles. The Balaban J connectivity index is 1.43. The molecule has 27 heavy (non-hydrogen) atoms. The molecule has 1 fully saturated rings. The third kappa shape index (κ3) is 3.40. The highest BCUT2D eigenvalue weighted by molar-refractivity contribution is 5.92. The minimum atomic E-state index is -0.125. The first-order valence-corrected chi connectivity index (χ1v) is 8.98. The molecule has 3 aromatic rings. The molecular weight excluding hydrogens is 342 g/mol. The second kappa shape index (κ2) is 7.19. The van der Waals surface area contributed by atoms with E-state index in [0.717, 1.165) is 35.7 Å². The molecule has 0 aliphatic carbocycles. The van der Waals surface area contributed by atoms with Gasteiger partial charge in [0.2, 0.25) is 5.76 Å². The van der Waals surface area contributed by atoms with Crippen LogP contribution in [0.2, 0.25) is 0 Å². The molecule has 4 rings (SSSR count). The number of hydrogen-bond acceptors (Lipinski definition) is 6. The normalized spacial score (nSPS) is 14.4. The summed E-state index contributed by atoms with van der Waals surface area (Å²) >= 11 is 0. The van der Waals surface area contributed by atoms with Gasteiger partial charge in [0, 0.05) is 49.1 Å². The zero-order valence-electron chi connectivity index (χ0n) is 15.4. The van der Waals surface area contributed by atoms with Crippen LogP contribution in [0.1, 0.15) is 21.8 Å². The highest BCUT2D eigenvalue weighted by Gasteiger charge is 2.26. The first kappa shape index (κ1) is 17.2. The second-order valence-electron chi connectivity index (χ2n) is 6.63. The van der Waals surface area contributed by atoms with Crippen LogP contribution in [0.3, 0.4) is 0 Å². The number of amides is 1. The summed E-state index contributed by atoms with van der Waals surface area (Å²) in [7, 11) is 0. The van der Waals surface area contributed by atoms with Crippen molar-refractivity contribution in [3.8, 4) is 11.3 Å². The van der Waals surface area contributed by atoms with Gasteiger partial charge in [0.15, 0.2) is 0 Å². The van der Waals surface area contributed by atoms with E-state index in [9.17, 15) is 4.79 Å². The number of aromatic nitrogens is 3. The van der Waals surface area contributed by atoms with Crippen LogP contribution in [0.25, 0.3) is 11.3 Å². The van der Waals surface area contributed by atoms with Crippen LogP contribution < -0.4 is 4.90 Å². The molecule has 7 nitrogen and oxygen atoms in total. The molecule has 138 valence electrons. The van der Waals surface area contributed by atoms with Crippen molar-refractivity contribution in [2.45, 2.75) is 13.8 Å². The van der Waals surface area contributed by atoms with Crippen LogP contribution in [0.15, 0.2) is 47.2 Å². The lowest BCUT2D eigenvalue weighted by Crippen LogP contribution is -2.49. The zero-order valence-corrected chi connectivity index (χ0v) is 15.4. The summed E-state index contributed by atoms with van der Waals surface area (Å²) in [6.07, 6.45) is 1.59. The average Bonchev–Trinajstić information content (AvgIpc) is 3.21. The molecule has 0 spiro atoms. The Bertz CT molecular complexity index is 946. The van der Waals surface area contributed by atoms with Gasteiger partial charge in [-0.15, -0.1) is 0 Å². The van der Waals surface area contributed by atoms with E-state index in [4.69, 9.17) is 4.52 Å². The van der Waals surface area contributed by atoms with Gasteiger partial charge in [-0.3, -0.25) is 4.79 Å². The van der Waals surface area contributed by atoms with Gasteiger partial charge in [0.25, 0.3) is 5.91 Å². The van der Waals surface area contributed by atoms with Crippen molar-refractivity contribution >= 4 is 11.7 Å². The Morgan fingerprint density at radius 3 is 2.52 bits per heavy atom. The Kier molecular flexibility index (Phi) is 4.58. The summed E-state index contributed by atoms with van der Waals surface area (Å²) in [6.45, 7) is 6.69. The lowest BCUT2D eigenvalue weighted by Gasteiger charge is -2.35. The molecular formula is C20H21N5O2. The molecule has 0 radical (unpaired) electrons. The number of aryl methyl sites for hydroxylation is 1. The summed E-state index contributed by atoms with van der Waals surface area (Å²) in [5, 5.41) is 4.04. The van der Waals surface area contributed by atoms with Gasteiger partial charge in [-0.1, -0.05) is 35.5 Å². The lowest BCUT2D eigenvalue weighted by atomic mass is 10.1. The van der Waals surface area contributed by atoms with Crippen LogP contribution in [-0.2, 0) is 0 Å². The number of nitrogens with zero attached hydrogens (tertiary/aromatic N) is 5. The first-order valence-electron chi connectivity index (χ1n) is 8.98. The fraction of sp³-hybridized carbons (Fsp3) is 0.300. The standard InChI is InChI=1S/C20H21N5O2/c1-14-15(2)21-13-22-19(14)24-8-10-25(11-9-24)20(26)18-12-17(23-27-18)16-6-4-3-5-7-16/h3-7,12-13H,8-11H2,1-2H3. The average molecular weight is 363 g/mol. The Labute approximate surface area is 157 Å². The van der Waals surface area contributed by atoms with Crippen molar-refractivity contribution in [2.24, 2.45) is 0 Å². The minimum Gasteiger partial charge on any atom is -0.353 e. The molecule has 0 N–H and O–H groups in total. The SMILES string of the molecule is Cc1ncnc(N2CCN(C(=O)c3cc(-c4ccccc4)no3)CC2)c1C. The van der Waals surface area contributed by atoms with Crippen molar-refractivity contribution in [1.82, 2.24) is 20.0 Å². The summed E-state index contributed by atoms with van der Waals surface area (Å²) in [5.74, 6) is 1.09. The molecule has 2 aromatic heterocycles. The molecule has 0 bridgehead atoms. The Morgan fingerprint density at radius 1 is 1.04 bits per heavy atom. The number of carbonyl (C=O) groups excluding carboxylic acids is 1. The van der Waals surface area contributed by atoms with E-state index in [1.165, 1.54) is 0 Å². The predicted octanol–water partition coefficient (Wildman–Crippen LogP) is 2.71. The quantitative estimate of drug-likeness (QED) is 0.712. The van der Waals surface area contributed by atoms with Crippen LogP contribution >= 0.6 is 0 Å². The van der Waals surface area contributed by atoms with Crippen LogP contribution in [0.4, 0.5) is 5.82 Å². The van der Waals surface area contributed by atoms with Gasteiger partial charge in [-0.2, -0.15) is 0 Å². The summed E-state index contributed by atoms with van der Waals surface area (Å²) in [6, 6.07) is 11.4. The molecule has 0 unspecified atom stereocenters. The monoisotopic (exact) mass is 363 g/mol. The van der Waals surface area contributed by atoms with Gasteiger partial charge in [-0.05, 0) is 13.8 Å². The molecule has 1 amide bonds. The fourth-order valence-corrected chi connectivity index (χ4v) is 3.24. The maximum Gasteiger partial charge on any atom is 0.292 e. The molecule has 0 saturated carbocycles.